The van der Waals surface area contributed by atoms with E-state index in [4.69, 9.17) is 5.26 Å². The van der Waals surface area contributed by atoms with Crippen molar-refractivity contribution in [2.45, 2.75) is 31.5 Å². The fraction of sp³-hybridized carbons (Fsp3) is 0.667. The maximum Gasteiger partial charge on any atom is 0.252 e. The minimum atomic E-state index is -0.487. The molecule has 80 valence electrons. The predicted molar refractivity (Wildman–Crippen MR) is 51.8 cm³/mol. The third-order valence-electron chi connectivity index (χ3n) is 2.25. The van der Waals surface area contributed by atoms with Gasteiger partial charge in [0.05, 0.1) is 12.6 Å². The normalized spacial score (nSPS) is 17.3. The summed E-state index contributed by atoms with van der Waals surface area (Å²) in [4.78, 5) is 3.75. The zero-order chi connectivity index (χ0) is 10.7. The first-order valence-corrected chi connectivity index (χ1v) is 4.99. The molecule has 1 fully saturated rings. The molecule has 1 aliphatic rings. The summed E-state index contributed by atoms with van der Waals surface area (Å²) in [6, 6.07) is 2.43. The van der Waals surface area contributed by atoms with Gasteiger partial charge in [0, 0.05) is 12.6 Å². The van der Waals surface area contributed by atoms with Crippen LogP contribution in [0.4, 0.5) is 0 Å². The zero-order valence-corrected chi connectivity index (χ0v) is 8.30. The molecule has 0 bridgehead atoms. The minimum absolute atomic E-state index is 0.136. The summed E-state index contributed by atoms with van der Waals surface area (Å²) in [5, 5.41) is 25.2. The minimum Gasteiger partial charge on any atom is -0.390 e. The average molecular weight is 207 g/mol. The highest BCUT2D eigenvalue weighted by Crippen LogP contribution is 2.18. The molecular weight excluding hydrogens is 194 g/mol. The van der Waals surface area contributed by atoms with E-state index in [-0.39, 0.29) is 5.82 Å². The Labute approximate surface area is 87.5 Å². The zero-order valence-electron chi connectivity index (χ0n) is 8.30. The molecule has 15 heavy (non-hydrogen) atoms. The summed E-state index contributed by atoms with van der Waals surface area (Å²) in [6.07, 6.45) is 3.38. The quantitative estimate of drug-likeness (QED) is 0.664. The number of nitriles is 1. The Hall–Kier alpha value is -1.45. The molecule has 1 saturated carbocycles. The van der Waals surface area contributed by atoms with Crippen LogP contribution < -0.4 is 5.32 Å². The van der Waals surface area contributed by atoms with Crippen LogP contribution in [0.3, 0.4) is 0 Å². The van der Waals surface area contributed by atoms with E-state index in [0.29, 0.717) is 19.1 Å². The van der Waals surface area contributed by atoms with Crippen molar-refractivity contribution in [2.75, 3.05) is 6.54 Å². The van der Waals surface area contributed by atoms with E-state index in [9.17, 15) is 5.11 Å². The lowest BCUT2D eigenvalue weighted by molar-refractivity contribution is 0.146. The standard InChI is InChI=1S/C9H13N5O/c10-3-9-12-6-14(13-9)5-8(15)4-11-7-1-2-7/h6-8,11,15H,1-2,4-5H2. The number of aliphatic hydroxyl groups is 1. The first-order chi connectivity index (χ1) is 7.28. The van der Waals surface area contributed by atoms with Gasteiger partial charge in [0.2, 0.25) is 0 Å². The average Bonchev–Trinajstić information content (AvgIpc) is 2.96. The van der Waals surface area contributed by atoms with Crippen molar-refractivity contribution in [1.82, 2.24) is 20.1 Å². The van der Waals surface area contributed by atoms with Crippen LogP contribution in [0.25, 0.3) is 0 Å². The molecular formula is C9H13N5O. The molecule has 2 N–H and O–H groups in total. The van der Waals surface area contributed by atoms with Crippen LogP contribution in [0.15, 0.2) is 6.33 Å². The van der Waals surface area contributed by atoms with Crippen molar-refractivity contribution >= 4 is 0 Å². The number of nitrogens with one attached hydrogen (secondary N) is 1. The molecule has 0 radical (unpaired) electrons. The maximum absolute atomic E-state index is 9.63. The van der Waals surface area contributed by atoms with Gasteiger partial charge >= 0.3 is 0 Å². The maximum atomic E-state index is 9.63. The molecule has 1 aliphatic carbocycles. The van der Waals surface area contributed by atoms with Crippen LogP contribution in [0.2, 0.25) is 0 Å². The summed E-state index contributed by atoms with van der Waals surface area (Å²) in [7, 11) is 0. The van der Waals surface area contributed by atoms with Crippen molar-refractivity contribution in [2.24, 2.45) is 0 Å². The highest BCUT2D eigenvalue weighted by molar-refractivity contribution is 5.05. The number of nitrogens with zero attached hydrogens (tertiary/aromatic N) is 4. The molecule has 0 amide bonds. The lowest BCUT2D eigenvalue weighted by atomic mass is 10.3. The van der Waals surface area contributed by atoms with Crippen molar-refractivity contribution in [3.63, 3.8) is 0 Å². The second-order valence-electron chi connectivity index (χ2n) is 3.74. The highest BCUT2D eigenvalue weighted by atomic mass is 16.3. The number of hydrogen-bond acceptors (Lipinski definition) is 5. The molecule has 0 aromatic carbocycles. The van der Waals surface area contributed by atoms with Crippen LogP contribution in [0.5, 0.6) is 0 Å². The SMILES string of the molecule is N#Cc1ncn(CC(O)CNC2CC2)n1. The van der Waals surface area contributed by atoms with Gasteiger partial charge in [0.15, 0.2) is 0 Å². The molecule has 2 rings (SSSR count). The largest absolute Gasteiger partial charge is 0.390 e. The summed E-state index contributed by atoms with van der Waals surface area (Å²) in [5.74, 6) is 0.136. The number of rotatable bonds is 5. The lowest BCUT2D eigenvalue weighted by Gasteiger charge is -2.10. The Balaban J connectivity index is 1.76. The van der Waals surface area contributed by atoms with Crippen LogP contribution in [-0.4, -0.2) is 38.6 Å². The monoisotopic (exact) mass is 207 g/mol. The van der Waals surface area contributed by atoms with Crippen molar-refractivity contribution in [1.29, 1.82) is 5.26 Å². The molecule has 1 aromatic heterocycles. The first-order valence-electron chi connectivity index (χ1n) is 4.99. The molecule has 0 aliphatic heterocycles. The van der Waals surface area contributed by atoms with Gasteiger partial charge in [-0.25, -0.2) is 9.67 Å². The molecule has 1 atom stereocenters. The molecule has 0 spiro atoms. The van der Waals surface area contributed by atoms with Crippen LogP contribution in [0.1, 0.15) is 18.7 Å². The van der Waals surface area contributed by atoms with E-state index in [0.717, 1.165) is 0 Å². The van der Waals surface area contributed by atoms with E-state index >= 15 is 0 Å². The van der Waals surface area contributed by atoms with Crippen LogP contribution >= 0.6 is 0 Å². The van der Waals surface area contributed by atoms with Crippen molar-refractivity contribution < 1.29 is 5.11 Å². The fourth-order valence-electron chi connectivity index (χ4n) is 1.30. The van der Waals surface area contributed by atoms with E-state index < -0.39 is 6.10 Å². The third kappa shape index (κ3) is 3.01. The van der Waals surface area contributed by atoms with Crippen molar-refractivity contribution in [3.05, 3.63) is 12.2 Å². The Morgan fingerprint density at radius 3 is 3.13 bits per heavy atom. The summed E-state index contributed by atoms with van der Waals surface area (Å²) >= 11 is 0. The second kappa shape index (κ2) is 4.38. The van der Waals surface area contributed by atoms with Crippen molar-refractivity contribution in [3.8, 4) is 6.07 Å². The van der Waals surface area contributed by atoms with Gasteiger partial charge in [-0.2, -0.15) is 5.26 Å². The van der Waals surface area contributed by atoms with Crippen LogP contribution in [0, 0.1) is 11.3 Å². The smallest absolute Gasteiger partial charge is 0.252 e. The summed E-state index contributed by atoms with van der Waals surface area (Å²) in [5.41, 5.74) is 0. The molecule has 1 aromatic rings. The highest BCUT2D eigenvalue weighted by Gasteiger charge is 2.21. The Kier molecular flexibility index (Phi) is 2.94. The van der Waals surface area contributed by atoms with Gasteiger partial charge in [0.1, 0.15) is 12.4 Å². The lowest BCUT2D eigenvalue weighted by Crippen LogP contribution is -2.31. The number of aliphatic hydroxyl groups excluding tert-OH is 1. The molecule has 6 nitrogen and oxygen atoms in total. The Morgan fingerprint density at radius 1 is 1.73 bits per heavy atom. The van der Waals surface area contributed by atoms with Gasteiger partial charge in [-0.15, -0.1) is 5.10 Å². The number of aromatic nitrogens is 3. The van der Waals surface area contributed by atoms with E-state index in [1.54, 1.807) is 0 Å². The Morgan fingerprint density at radius 2 is 2.53 bits per heavy atom. The van der Waals surface area contributed by atoms with Gasteiger partial charge < -0.3 is 10.4 Å². The topological polar surface area (TPSA) is 86.8 Å². The van der Waals surface area contributed by atoms with Gasteiger partial charge in [0.25, 0.3) is 5.82 Å². The van der Waals surface area contributed by atoms with Gasteiger partial charge in [-0.3, -0.25) is 0 Å². The van der Waals surface area contributed by atoms with Crippen LogP contribution in [-0.2, 0) is 6.54 Å². The Bertz CT molecular complexity index is 365. The van der Waals surface area contributed by atoms with E-state index in [1.807, 2.05) is 6.07 Å². The molecule has 0 saturated heterocycles. The first kappa shape index (κ1) is 10.1. The number of hydrogen-bond donors (Lipinski definition) is 2. The second-order valence-corrected chi connectivity index (χ2v) is 3.74. The van der Waals surface area contributed by atoms with E-state index in [2.05, 4.69) is 15.4 Å². The molecule has 1 unspecified atom stereocenters. The van der Waals surface area contributed by atoms with E-state index in [1.165, 1.54) is 23.9 Å². The molecule has 1 heterocycles. The third-order valence-corrected chi connectivity index (χ3v) is 2.25. The van der Waals surface area contributed by atoms with Gasteiger partial charge in [-0.1, -0.05) is 0 Å². The fourth-order valence-corrected chi connectivity index (χ4v) is 1.30. The summed E-state index contributed by atoms with van der Waals surface area (Å²) < 4.78 is 1.48. The van der Waals surface area contributed by atoms with Gasteiger partial charge in [-0.05, 0) is 12.8 Å². The predicted octanol–water partition coefficient (Wildman–Crippen LogP) is -0.737. The molecule has 6 heteroatoms. The summed E-state index contributed by atoms with van der Waals surface area (Å²) in [6.45, 7) is 0.931.